The molecule has 0 heterocycles. The van der Waals surface area contributed by atoms with Crippen LogP contribution in [0.1, 0.15) is 36.5 Å². The summed E-state index contributed by atoms with van der Waals surface area (Å²) < 4.78 is 17.0. The van der Waals surface area contributed by atoms with Gasteiger partial charge in [0.2, 0.25) is 0 Å². The number of nitrogens with zero attached hydrogens (tertiary/aromatic N) is 1. The molecule has 176 valence electrons. The molecule has 32 heavy (non-hydrogen) atoms. The first kappa shape index (κ1) is 26.4. The second-order valence-electron chi connectivity index (χ2n) is 7.71. The third-order valence-electron chi connectivity index (χ3n) is 5.11. The second-order valence-corrected chi connectivity index (χ2v) is 7.71. The van der Waals surface area contributed by atoms with Gasteiger partial charge in [-0.3, -0.25) is 4.99 Å². The molecule has 0 aliphatic heterocycles. The molecule has 0 aromatic heterocycles. The lowest BCUT2D eigenvalue weighted by atomic mass is 10.1. The van der Waals surface area contributed by atoms with Gasteiger partial charge in [0.25, 0.3) is 0 Å². The zero-order chi connectivity index (χ0) is 21.7. The number of ether oxygens (including phenoxy) is 3. The molecule has 3 rings (SSSR count). The molecular formula is C25H36IN3O3. The van der Waals surface area contributed by atoms with Gasteiger partial charge in [0.15, 0.2) is 5.96 Å². The van der Waals surface area contributed by atoms with E-state index in [-0.39, 0.29) is 24.0 Å². The Balaban J connectivity index is 0.00000363. The van der Waals surface area contributed by atoms with E-state index >= 15 is 0 Å². The quantitative estimate of drug-likeness (QED) is 0.166. The normalized spacial score (nSPS) is 13.4. The number of para-hydroxylation sites is 1. The maximum absolute atomic E-state index is 6.00. The van der Waals surface area contributed by atoms with Crippen molar-refractivity contribution in [3.63, 3.8) is 0 Å². The fourth-order valence-electron chi connectivity index (χ4n) is 3.15. The molecule has 0 amide bonds. The van der Waals surface area contributed by atoms with Gasteiger partial charge in [0, 0.05) is 32.3 Å². The molecule has 0 saturated heterocycles. The average molecular weight is 553 g/mol. The Labute approximate surface area is 209 Å². The van der Waals surface area contributed by atoms with Crippen LogP contribution in [0, 0.1) is 5.92 Å². The van der Waals surface area contributed by atoms with Crippen LogP contribution in [0.25, 0.3) is 0 Å². The van der Waals surface area contributed by atoms with E-state index < -0.39 is 0 Å². The van der Waals surface area contributed by atoms with Crippen LogP contribution in [0.5, 0.6) is 5.75 Å². The first-order chi connectivity index (χ1) is 15.3. The third-order valence-corrected chi connectivity index (χ3v) is 5.11. The van der Waals surface area contributed by atoms with Crippen molar-refractivity contribution < 1.29 is 14.2 Å². The van der Waals surface area contributed by atoms with Gasteiger partial charge in [-0.1, -0.05) is 42.5 Å². The van der Waals surface area contributed by atoms with Crippen molar-refractivity contribution in [2.45, 2.75) is 39.5 Å². The van der Waals surface area contributed by atoms with Gasteiger partial charge in [-0.2, -0.15) is 0 Å². The lowest BCUT2D eigenvalue weighted by Gasteiger charge is -2.15. The molecule has 1 saturated carbocycles. The van der Waals surface area contributed by atoms with Gasteiger partial charge < -0.3 is 24.8 Å². The number of hydrogen-bond acceptors (Lipinski definition) is 4. The van der Waals surface area contributed by atoms with Crippen molar-refractivity contribution in [1.82, 2.24) is 10.6 Å². The maximum atomic E-state index is 6.00. The van der Waals surface area contributed by atoms with Gasteiger partial charge in [-0.05, 0) is 42.9 Å². The summed E-state index contributed by atoms with van der Waals surface area (Å²) in [5, 5.41) is 6.77. The van der Waals surface area contributed by atoms with E-state index in [0.717, 1.165) is 42.0 Å². The third kappa shape index (κ3) is 9.75. The van der Waals surface area contributed by atoms with Crippen molar-refractivity contribution in [3.8, 4) is 5.75 Å². The summed E-state index contributed by atoms with van der Waals surface area (Å²) in [7, 11) is 1.79. The van der Waals surface area contributed by atoms with Crippen LogP contribution in [0.15, 0.2) is 53.5 Å². The summed E-state index contributed by atoms with van der Waals surface area (Å²) >= 11 is 0. The van der Waals surface area contributed by atoms with E-state index in [4.69, 9.17) is 14.2 Å². The molecule has 1 aliphatic carbocycles. The number of guanidine groups is 1. The first-order valence-corrected chi connectivity index (χ1v) is 11.2. The molecule has 0 unspecified atom stereocenters. The van der Waals surface area contributed by atoms with Crippen molar-refractivity contribution in [3.05, 3.63) is 65.2 Å². The smallest absolute Gasteiger partial charge is 0.191 e. The summed E-state index contributed by atoms with van der Waals surface area (Å²) in [5.74, 6) is 2.45. The predicted molar refractivity (Wildman–Crippen MR) is 140 cm³/mol. The van der Waals surface area contributed by atoms with E-state index in [9.17, 15) is 0 Å². The topological polar surface area (TPSA) is 64.1 Å². The first-order valence-electron chi connectivity index (χ1n) is 11.2. The molecule has 6 nitrogen and oxygen atoms in total. The minimum absolute atomic E-state index is 0. The van der Waals surface area contributed by atoms with Crippen molar-refractivity contribution in [2.24, 2.45) is 10.9 Å². The lowest BCUT2D eigenvalue weighted by Crippen LogP contribution is -2.36. The Morgan fingerprint density at radius 1 is 0.969 bits per heavy atom. The Bertz CT molecular complexity index is 828. The molecule has 2 aromatic carbocycles. The standard InChI is InChI=1S/C25H35N3O3.HI/c1-3-29-13-14-30-18-22-8-6-7-21(15-22)16-27-25(26-2)28-17-23-9-4-5-10-24(23)31-19-20-11-12-20;/h4-10,15,20H,3,11-14,16-19H2,1-2H3,(H2,26,27,28);1H. The predicted octanol–water partition coefficient (Wildman–Crippen LogP) is 4.51. The van der Waals surface area contributed by atoms with E-state index in [0.29, 0.717) is 32.9 Å². The molecule has 7 heteroatoms. The van der Waals surface area contributed by atoms with Crippen molar-refractivity contribution in [2.75, 3.05) is 33.5 Å². The van der Waals surface area contributed by atoms with Crippen LogP contribution in [0.2, 0.25) is 0 Å². The number of nitrogens with one attached hydrogen (secondary N) is 2. The lowest BCUT2D eigenvalue weighted by molar-refractivity contribution is 0.0453. The molecule has 0 bridgehead atoms. The zero-order valence-electron chi connectivity index (χ0n) is 19.1. The number of halogens is 1. The van der Waals surface area contributed by atoms with E-state index in [2.05, 4.69) is 46.0 Å². The summed E-state index contributed by atoms with van der Waals surface area (Å²) in [6, 6.07) is 16.6. The van der Waals surface area contributed by atoms with E-state index in [1.54, 1.807) is 7.05 Å². The number of aliphatic imine (C=N–C) groups is 1. The number of benzene rings is 2. The molecule has 1 aliphatic rings. The SMILES string of the molecule is CCOCCOCc1cccc(CNC(=NC)NCc2ccccc2OCC2CC2)c1.I. The minimum atomic E-state index is 0. The second kappa shape index (κ2) is 15.1. The van der Waals surface area contributed by atoms with Gasteiger partial charge in [-0.15, -0.1) is 24.0 Å². The van der Waals surface area contributed by atoms with Gasteiger partial charge in [0.1, 0.15) is 5.75 Å². The van der Waals surface area contributed by atoms with Crippen LogP contribution >= 0.6 is 24.0 Å². The van der Waals surface area contributed by atoms with Gasteiger partial charge in [0.05, 0.1) is 26.4 Å². The van der Waals surface area contributed by atoms with Crippen LogP contribution in [-0.4, -0.2) is 39.4 Å². The minimum Gasteiger partial charge on any atom is -0.493 e. The maximum Gasteiger partial charge on any atom is 0.191 e. The highest BCUT2D eigenvalue weighted by molar-refractivity contribution is 14.0. The van der Waals surface area contributed by atoms with Crippen molar-refractivity contribution >= 4 is 29.9 Å². The Hall–Kier alpha value is -1.84. The summed E-state index contributed by atoms with van der Waals surface area (Å²) in [6.45, 7) is 6.70. The highest BCUT2D eigenvalue weighted by Gasteiger charge is 2.22. The monoisotopic (exact) mass is 553 g/mol. The average Bonchev–Trinajstić information content (AvgIpc) is 3.63. The molecule has 2 aromatic rings. The summed E-state index contributed by atoms with van der Waals surface area (Å²) in [5.41, 5.74) is 3.47. The number of rotatable bonds is 13. The molecule has 2 N–H and O–H groups in total. The van der Waals surface area contributed by atoms with Crippen LogP contribution in [0.4, 0.5) is 0 Å². The fourth-order valence-corrected chi connectivity index (χ4v) is 3.15. The molecule has 0 radical (unpaired) electrons. The summed E-state index contributed by atoms with van der Waals surface area (Å²) in [6.07, 6.45) is 2.58. The molecule has 0 atom stereocenters. The highest BCUT2D eigenvalue weighted by atomic mass is 127. The highest BCUT2D eigenvalue weighted by Crippen LogP contribution is 2.30. The Morgan fingerprint density at radius 3 is 2.50 bits per heavy atom. The van der Waals surface area contributed by atoms with Crippen LogP contribution < -0.4 is 15.4 Å². The van der Waals surface area contributed by atoms with Crippen LogP contribution in [0.3, 0.4) is 0 Å². The molecule has 0 spiro atoms. The fraction of sp³-hybridized carbons (Fsp3) is 0.480. The Morgan fingerprint density at radius 2 is 1.72 bits per heavy atom. The number of hydrogen-bond donors (Lipinski definition) is 2. The summed E-state index contributed by atoms with van der Waals surface area (Å²) in [4.78, 5) is 4.35. The Kier molecular flexibility index (Phi) is 12.4. The molecular weight excluding hydrogens is 517 g/mol. The largest absolute Gasteiger partial charge is 0.493 e. The van der Waals surface area contributed by atoms with Gasteiger partial charge in [-0.25, -0.2) is 0 Å². The van der Waals surface area contributed by atoms with Gasteiger partial charge >= 0.3 is 0 Å². The van der Waals surface area contributed by atoms with E-state index in [1.165, 1.54) is 18.4 Å². The van der Waals surface area contributed by atoms with E-state index in [1.807, 2.05) is 25.1 Å². The van der Waals surface area contributed by atoms with Crippen molar-refractivity contribution in [1.29, 1.82) is 0 Å². The van der Waals surface area contributed by atoms with Crippen LogP contribution in [-0.2, 0) is 29.2 Å². The molecule has 1 fully saturated rings. The zero-order valence-corrected chi connectivity index (χ0v) is 21.5.